The Hall–Kier alpha value is -0.330. The quantitative estimate of drug-likeness (QED) is 0.582. The average molecular weight is 141 g/mol. The highest BCUT2D eigenvalue weighted by Crippen LogP contribution is 2.27. The molecule has 60 valence electrons. The van der Waals surface area contributed by atoms with Gasteiger partial charge in [0.05, 0.1) is 0 Å². The van der Waals surface area contributed by atoms with Gasteiger partial charge in [0.25, 0.3) is 0 Å². The minimum Gasteiger partial charge on any atom is -0.313 e. The molecule has 1 N–H and O–H groups in total. The lowest BCUT2D eigenvalue weighted by molar-refractivity contribution is 0.301. The van der Waals surface area contributed by atoms with Crippen molar-refractivity contribution < 1.29 is 0 Å². The zero-order valence-electron chi connectivity index (χ0n) is 7.57. The lowest BCUT2D eigenvalue weighted by atomic mass is 9.82. The SMILES string of the molecule is CC(C)CC(C)(C)CC=N. The van der Waals surface area contributed by atoms with Gasteiger partial charge >= 0.3 is 0 Å². The van der Waals surface area contributed by atoms with Gasteiger partial charge in [0.2, 0.25) is 0 Å². The Balaban J connectivity index is 3.73. The molecule has 0 rings (SSSR count). The first-order chi connectivity index (χ1) is 4.48. The molecule has 0 fully saturated rings. The van der Waals surface area contributed by atoms with Gasteiger partial charge in [0.15, 0.2) is 0 Å². The fourth-order valence-electron chi connectivity index (χ4n) is 1.46. The molecule has 1 heteroatoms. The summed E-state index contributed by atoms with van der Waals surface area (Å²) in [4.78, 5) is 0. The van der Waals surface area contributed by atoms with Gasteiger partial charge in [0, 0.05) is 0 Å². The van der Waals surface area contributed by atoms with Crippen LogP contribution in [0.15, 0.2) is 0 Å². The third-order valence-electron chi connectivity index (χ3n) is 1.62. The van der Waals surface area contributed by atoms with Crippen LogP contribution in [0.1, 0.15) is 40.5 Å². The lowest BCUT2D eigenvalue weighted by Crippen LogP contribution is -2.14. The maximum absolute atomic E-state index is 6.98. The second-order valence-corrected chi connectivity index (χ2v) is 4.17. The molecule has 0 atom stereocenters. The van der Waals surface area contributed by atoms with Crippen LogP contribution in [0.4, 0.5) is 0 Å². The summed E-state index contributed by atoms with van der Waals surface area (Å²) in [5.74, 6) is 0.745. The van der Waals surface area contributed by atoms with Crippen LogP contribution in [0, 0.1) is 16.7 Å². The molecule has 0 spiro atoms. The third kappa shape index (κ3) is 4.54. The van der Waals surface area contributed by atoms with E-state index in [0.717, 1.165) is 12.3 Å². The van der Waals surface area contributed by atoms with Gasteiger partial charge in [-0.3, -0.25) is 0 Å². The molecule has 10 heavy (non-hydrogen) atoms. The first-order valence-corrected chi connectivity index (χ1v) is 3.97. The molecule has 0 radical (unpaired) electrons. The molecule has 0 unspecified atom stereocenters. The predicted octanol–water partition coefficient (Wildman–Crippen LogP) is 3.10. The van der Waals surface area contributed by atoms with Gasteiger partial charge in [-0.2, -0.15) is 0 Å². The maximum atomic E-state index is 6.98. The Morgan fingerprint density at radius 2 is 1.90 bits per heavy atom. The van der Waals surface area contributed by atoms with Crippen molar-refractivity contribution in [1.29, 1.82) is 5.41 Å². The number of rotatable bonds is 4. The molecule has 0 saturated carbocycles. The van der Waals surface area contributed by atoms with Gasteiger partial charge in [0.1, 0.15) is 0 Å². The topological polar surface area (TPSA) is 23.9 Å². The Bertz CT molecular complexity index is 103. The molecule has 0 aliphatic heterocycles. The normalized spacial score (nSPS) is 12.1. The Kier molecular flexibility index (Phi) is 3.62. The Labute approximate surface area is 64.3 Å². The monoisotopic (exact) mass is 141 g/mol. The predicted molar refractivity (Wildman–Crippen MR) is 46.6 cm³/mol. The number of hydrogen-bond acceptors (Lipinski definition) is 1. The molecule has 1 nitrogen and oxygen atoms in total. The second-order valence-electron chi connectivity index (χ2n) is 4.17. The van der Waals surface area contributed by atoms with E-state index in [1.165, 1.54) is 12.6 Å². The van der Waals surface area contributed by atoms with Gasteiger partial charge in [-0.1, -0.05) is 27.7 Å². The van der Waals surface area contributed by atoms with Crippen molar-refractivity contribution in [1.82, 2.24) is 0 Å². The fraction of sp³-hybridized carbons (Fsp3) is 0.889. The summed E-state index contributed by atoms with van der Waals surface area (Å²) in [6.07, 6.45) is 3.63. The van der Waals surface area contributed by atoms with Gasteiger partial charge in [-0.05, 0) is 30.4 Å². The second kappa shape index (κ2) is 3.75. The van der Waals surface area contributed by atoms with Crippen LogP contribution in [-0.4, -0.2) is 6.21 Å². The molecule has 0 bridgehead atoms. The van der Waals surface area contributed by atoms with E-state index in [1.807, 2.05) is 0 Å². The highest BCUT2D eigenvalue weighted by atomic mass is 14.3. The summed E-state index contributed by atoms with van der Waals surface area (Å²) in [5.41, 5.74) is 0.329. The van der Waals surface area contributed by atoms with Crippen LogP contribution in [-0.2, 0) is 0 Å². The summed E-state index contributed by atoms with van der Waals surface area (Å²) in [6, 6.07) is 0. The van der Waals surface area contributed by atoms with Crippen molar-refractivity contribution in [2.24, 2.45) is 11.3 Å². The Morgan fingerprint density at radius 1 is 1.40 bits per heavy atom. The highest BCUT2D eigenvalue weighted by Gasteiger charge is 2.17. The first-order valence-electron chi connectivity index (χ1n) is 3.97. The first kappa shape index (κ1) is 9.67. The van der Waals surface area contributed by atoms with Crippen LogP contribution in [0.3, 0.4) is 0 Å². The van der Waals surface area contributed by atoms with Crippen LogP contribution < -0.4 is 0 Å². The highest BCUT2D eigenvalue weighted by molar-refractivity contribution is 5.53. The third-order valence-corrected chi connectivity index (χ3v) is 1.62. The molecule has 0 aliphatic rings. The summed E-state index contributed by atoms with van der Waals surface area (Å²) in [6.45, 7) is 8.90. The molecular weight excluding hydrogens is 122 g/mol. The molecule has 0 heterocycles. The standard InChI is InChI=1S/C9H19N/c1-8(2)7-9(3,4)5-6-10/h6,8,10H,5,7H2,1-4H3. The van der Waals surface area contributed by atoms with E-state index in [9.17, 15) is 0 Å². The van der Waals surface area contributed by atoms with E-state index in [2.05, 4.69) is 27.7 Å². The van der Waals surface area contributed by atoms with Crippen LogP contribution in [0.25, 0.3) is 0 Å². The minimum absolute atomic E-state index is 0.329. The van der Waals surface area contributed by atoms with E-state index in [1.54, 1.807) is 0 Å². The van der Waals surface area contributed by atoms with Crippen molar-refractivity contribution in [2.75, 3.05) is 0 Å². The molecule has 0 aromatic rings. The lowest BCUT2D eigenvalue weighted by Gasteiger charge is -2.24. The molecule has 0 saturated heterocycles. The van der Waals surface area contributed by atoms with Gasteiger partial charge in [-0.25, -0.2) is 0 Å². The van der Waals surface area contributed by atoms with Crippen molar-refractivity contribution >= 4 is 6.21 Å². The van der Waals surface area contributed by atoms with Crippen LogP contribution in [0.5, 0.6) is 0 Å². The molecular formula is C9H19N. The van der Waals surface area contributed by atoms with Crippen LogP contribution >= 0.6 is 0 Å². The van der Waals surface area contributed by atoms with E-state index >= 15 is 0 Å². The van der Waals surface area contributed by atoms with E-state index in [-0.39, 0.29) is 0 Å². The van der Waals surface area contributed by atoms with E-state index < -0.39 is 0 Å². The van der Waals surface area contributed by atoms with E-state index in [0.29, 0.717) is 5.41 Å². The van der Waals surface area contributed by atoms with Crippen LogP contribution in [0.2, 0.25) is 0 Å². The largest absolute Gasteiger partial charge is 0.313 e. The molecule has 0 aliphatic carbocycles. The molecule has 0 amide bonds. The van der Waals surface area contributed by atoms with Gasteiger partial charge < -0.3 is 5.41 Å². The fourth-order valence-corrected chi connectivity index (χ4v) is 1.46. The minimum atomic E-state index is 0.329. The maximum Gasteiger partial charge on any atom is -0.00424 e. The summed E-state index contributed by atoms with van der Waals surface area (Å²) < 4.78 is 0. The summed E-state index contributed by atoms with van der Waals surface area (Å²) in [7, 11) is 0. The summed E-state index contributed by atoms with van der Waals surface area (Å²) in [5, 5.41) is 6.98. The summed E-state index contributed by atoms with van der Waals surface area (Å²) >= 11 is 0. The zero-order valence-corrected chi connectivity index (χ0v) is 7.57. The van der Waals surface area contributed by atoms with Crippen molar-refractivity contribution in [3.63, 3.8) is 0 Å². The Morgan fingerprint density at radius 3 is 2.20 bits per heavy atom. The number of hydrogen-bond donors (Lipinski definition) is 1. The molecule has 0 aromatic heterocycles. The van der Waals surface area contributed by atoms with Crippen molar-refractivity contribution in [3.05, 3.63) is 0 Å². The van der Waals surface area contributed by atoms with Crippen molar-refractivity contribution in [3.8, 4) is 0 Å². The molecule has 0 aromatic carbocycles. The smallest absolute Gasteiger partial charge is 0.00424 e. The average Bonchev–Trinajstić information content (AvgIpc) is 1.59. The van der Waals surface area contributed by atoms with Gasteiger partial charge in [-0.15, -0.1) is 0 Å². The van der Waals surface area contributed by atoms with Crippen molar-refractivity contribution in [2.45, 2.75) is 40.5 Å². The van der Waals surface area contributed by atoms with E-state index in [4.69, 9.17) is 5.41 Å². The zero-order chi connectivity index (χ0) is 8.20. The number of nitrogens with one attached hydrogen (secondary N) is 1.